The minimum Gasteiger partial charge on any atom is -0.398 e. The Morgan fingerprint density at radius 2 is 1.84 bits per heavy atom. The van der Waals surface area contributed by atoms with Crippen LogP contribution < -0.4 is 10.5 Å². The lowest BCUT2D eigenvalue weighted by atomic mass is 10.2. The third-order valence-electron chi connectivity index (χ3n) is 2.59. The fraction of sp³-hybridized carbons (Fsp3) is 0.0769. The average molecular weight is 280 g/mol. The smallest absolute Gasteiger partial charge is 0.264 e. The van der Waals surface area contributed by atoms with Gasteiger partial charge in [0.05, 0.1) is 11.4 Å². The van der Waals surface area contributed by atoms with Gasteiger partial charge in [-0.05, 0) is 36.8 Å². The molecule has 0 saturated carbocycles. The summed E-state index contributed by atoms with van der Waals surface area (Å²) in [6, 6.07) is 10.1. The van der Waals surface area contributed by atoms with Crippen molar-refractivity contribution in [2.45, 2.75) is 11.8 Å². The number of sulfonamides is 1. The van der Waals surface area contributed by atoms with E-state index >= 15 is 0 Å². The second-order valence-electron chi connectivity index (χ2n) is 4.11. The molecule has 0 bridgehead atoms. The van der Waals surface area contributed by atoms with Crippen LogP contribution in [0.4, 0.5) is 15.8 Å². The monoisotopic (exact) mass is 280 g/mol. The topological polar surface area (TPSA) is 72.2 Å². The zero-order valence-corrected chi connectivity index (χ0v) is 11.0. The molecule has 19 heavy (non-hydrogen) atoms. The standard InChI is InChI=1S/C13H13FN2O2S/c1-9-4-2-7-12(15)13(9)19(17,18)16-11-6-3-5-10(14)8-11/h2-8,16H,15H2,1H3. The second kappa shape index (κ2) is 4.89. The zero-order valence-electron chi connectivity index (χ0n) is 10.2. The highest BCUT2D eigenvalue weighted by molar-refractivity contribution is 7.93. The van der Waals surface area contributed by atoms with Gasteiger partial charge in [0, 0.05) is 0 Å². The number of nitrogen functional groups attached to an aromatic ring is 1. The molecule has 2 aromatic carbocycles. The van der Waals surface area contributed by atoms with E-state index in [-0.39, 0.29) is 16.3 Å². The average Bonchev–Trinajstić information content (AvgIpc) is 2.27. The van der Waals surface area contributed by atoms with Crippen molar-refractivity contribution in [3.63, 3.8) is 0 Å². The highest BCUT2D eigenvalue weighted by Gasteiger charge is 2.20. The fourth-order valence-corrected chi connectivity index (χ4v) is 3.21. The summed E-state index contributed by atoms with van der Waals surface area (Å²) < 4.78 is 39.8. The van der Waals surface area contributed by atoms with Gasteiger partial charge in [-0.2, -0.15) is 0 Å². The maximum Gasteiger partial charge on any atom is 0.264 e. The van der Waals surface area contributed by atoms with Crippen molar-refractivity contribution < 1.29 is 12.8 Å². The molecule has 0 radical (unpaired) electrons. The summed E-state index contributed by atoms with van der Waals surface area (Å²) in [6.45, 7) is 1.65. The summed E-state index contributed by atoms with van der Waals surface area (Å²) in [5, 5.41) is 0. The fourth-order valence-electron chi connectivity index (χ4n) is 1.80. The Bertz CT molecular complexity index is 694. The van der Waals surface area contributed by atoms with Crippen LogP contribution in [-0.2, 0) is 10.0 Å². The Morgan fingerprint density at radius 1 is 1.16 bits per heavy atom. The molecular formula is C13H13FN2O2S. The Labute approximate surface area is 111 Å². The summed E-state index contributed by atoms with van der Waals surface area (Å²) in [6.07, 6.45) is 0. The molecule has 0 atom stereocenters. The van der Waals surface area contributed by atoms with Crippen molar-refractivity contribution in [1.29, 1.82) is 0 Å². The highest BCUT2D eigenvalue weighted by Crippen LogP contribution is 2.24. The lowest BCUT2D eigenvalue weighted by molar-refractivity contribution is 0.601. The first-order valence-electron chi connectivity index (χ1n) is 5.53. The van der Waals surface area contributed by atoms with Gasteiger partial charge in [0.15, 0.2) is 0 Å². The summed E-state index contributed by atoms with van der Waals surface area (Å²) in [5.74, 6) is -0.516. The van der Waals surface area contributed by atoms with Gasteiger partial charge in [-0.25, -0.2) is 12.8 Å². The molecule has 0 aliphatic carbocycles. The zero-order chi connectivity index (χ0) is 14.0. The number of aryl methyl sites for hydroxylation is 1. The van der Waals surface area contributed by atoms with Crippen molar-refractivity contribution in [2.75, 3.05) is 10.5 Å². The molecule has 100 valence electrons. The van der Waals surface area contributed by atoms with Crippen LogP contribution in [0, 0.1) is 12.7 Å². The summed E-state index contributed by atoms with van der Waals surface area (Å²) in [5.41, 5.74) is 6.54. The van der Waals surface area contributed by atoms with E-state index < -0.39 is 15.8 Å². The summed E-state index contributed by atoms with van der Waals surface area (Å²) >= 11 is 0. The van der Waals surface area contributed by atoms with E-state index in [0.29, 0.717) is 5.56 Å². The van der Waals surface area contributed by atoms with Crippen LogP contribution in [0.1, 0.15) is 5.56 Å². The van der Waals surface area contributed by atoms with E-state index in [9.17, 15) is 12.8 Å². The van der Waals surface area contributed by atoms with Gasteiger partial charge < -0.3 is 5.73 Å². The van der Waals surface area contributed by atoms with Crippen molar-refractivity contribution in [2.24, 2.45) is 0 Å². The molecule has 0 spiro atoms. The number of benzene rings is 2. The molecular weight excluding hydrogens is 267 g/mol. The predicted molar refractivity (Wildman–Crippen MR) is 72.8 cm³/mol. The van der Waals surface area contributed by atoms with E-state index in [1.807, 2.05) is 0 Å². The number of anilines is 2. The first-order valence-corrected chi connectivity index (χ1v) is 7.02. The van der Waals surface area contributed by atoms with E-state index in [1.54, 1.807) is 19.1 Å². The SMILES string of the molecule is Cc1cccc(N)c1S(=O)(=O)Nc1cccc(F)c1. The van der Waals surface area contributed by atoms with E-state index in [1.165, 1.54) is 24.3 Å². The first-order chi connectivity index (χ1) is 8.90. The van der Waals surface area contributed by atoms with Crippen LogP contribution in [0.15, 0.2) is 47.4 Å². The number of nitrogens with two attached hydrogens (primary N) is 1. The van der Waals surface area contributed by atoms with Crippen molar-refractivity contribution in [1.82, 2.24) is 0 Å². The maximum absolute atomic E-state index is 13.0. The lowest BCUT2D eigenvalue weighted by Gasteiger charge is -2.12. The van der Waals surface area contributed by atoms with Gasteiger partial charge >= 0.3 is 0 Å². The second-order valence-corrected chi connectivity index (χ2v) is 5.73. The molecule has 0 unspecified atom stereocenters. The maximum atomic E-state index is 13.0. The lowest BCUT2D eigenvalue weighted by Crippen LogP contribution is -2.16. The number of hydrogen-bond acceptors (Lipinski definition) is 3. The molecule has 3 N–H and O–H groups in total. The Balaban J connectivity index is 2.44. The Kier molecular flexibility index (Phi) is 3.44. The van der Waals surface area contributed by atoms with Gasteiger partial charge in [-0.3, -0.25) is 4.72 Å². The van der Waals surface area contributed by atoms with Crippen LogP contribution >= 0.6 is 0 Å². The molecule has 0 heterocycles. The summed E-state index contributed by atoms with van der Waals surface area (Å²) in [4.78, 5) is 0.0132. The molecule has 0 aliphatic heterocycles. The number of rotatable bonds is 3. The Morgan fingerprint density at radius 3 is 2.47 bits per heavy atom. The van der Waals surface area contributed by atoms with Gasteiger partial charge in [-0.1, -0.05) is 18.2 Å². The molecule has 0 saturated heterocycles. The Hall–Kier alpha value is -2.08. The molecule has 0 amide bonds. The third kappa shape index (κ3) is 2.85. The van der Waals surface area contributed by atoms with Crippen molar-refractivity contribution in [3.05, 3.63) is 53.8 Å². The highest BCUT2D eigenvalue weighted by atomic mass is 32.2. The van der Waals surface area contributed by atoms with Crippen molar-refractivity contribution in [3.8, 4) is 0 Å². The number of halogens is 1. The van der Waals surface area contributed by atoms with E-state index in [2.05, 4.69) is 4.72 Å². The van der Waals surface area contributed by atoms with Crippen LogP contribution in [0.3, 0.4) is 0 Å². The number of hydrogen-bond donors (Lipinski definition) is 2. The largest absolute Gasteiger partial charge is 0.398 e. The molecule has 0 aromatic heterocycles. The van der Waals surface area contributed by atoms with Gasteiger partial charge in [0.1, 0.15) is 10.7 Å². The third-order valence-corrected chi connectivity index (χ3v) is 4.19. The van der Waals surface area contributed by atoms with Gasteiger partial charge in [-0.15, -0.1) is 0 Å². The predicted octanol–water partition coefficient (Wildman–Crippen LogP) is 2.52. The van der Waals surface area contributed by atoms with E-state index in [0.717, 1.165) is 6.07 Å². The van der Waals surface area contributed by atoms with Gasteiger partial charge in [0.2, 0.25) is 0 Å². The number of nitrogens with one attached hydrogen (secondary N) is 1. The molecule has 0 aliphatic rings. The van der Waals surface area contributed by atoms with Crippen LogP contribution in [0.25, 0.3) is 0 Å². The van der Waals surface area contributed by atoms with E-state index in [4.69, 9.17) is 5.73 Å². The van der Waals surface area contributed by atoms with Crippen LogP contribution in [-0.4, -0.2) is 8.42 Å². The van der Waals surface area contributed by atoms with Crippen LogP contribution in [0.2, 0.25) is 0 Å². The molecule has 6 heteroatoms. The molecule has 2 rings (SSSR count). The van der Waals surface area contributed by atoms with Crippen LogP contribution in [0.5, 0.6) is 0 Å². The minimum absolute atomic E-state index is 0.0132. The quantitative estimate of drug-likeness (QED) is 0.848. The van der Waals surface area contributed by atoms with Crippen molar-refractivity contribution >= 4 is 21.4 Å². The summed E-state index contributed by atoms with van der Waals surface area (Å²) in [7, 11) is -3.83. The molecule has 0 fully saturated rings. The molecule has 4 nitrogen and oxygen atoms in total. The normalized spacial score (nSPS) is 11.3. The minimum atomic E-state index is -3.83. The molecule has 2 aromatic rings. The van der Waals surface area contributed by atoms with Gasteiger partial charge in [0.25, 0.3) is 10.0 Å². The first kappa shape index (κ1) is 13.4.